The summed E-state index contributed by atoms with van der Waals surface area (Å²) in [6.45, 7) is 4.58. The Morgan fingerprint density at radius 3 is 1.97 bits per heavy atom. The molecular weight excluding hydrogens is 506 g/mol. The number of carbonyl (C=O) groups is 4. The first-order valence-corrected chi connectivity index (χ1v) is 12.9. The van der Waals surface area contributed by atoms with E-state index in [0.29, 0.717) is 11.3 Å². The molecule has 1 amide bonds. The van der Waals surface area contributed by atoms with Crippen LogP contribution in [0.25, 0.3) is 0 Å². The van der Waals surface area contributed by atoms with Crippen molar-refractivity contribution in [3.05, 3.63) is 65.7 Å². The summed E-state index contributed by atoms with van der Waals surface area (Å²) in [6, 6.07) is 16.3. The van der Waals surface area contributed by atoms with Crippen LogP contribution < -0.4 is 4.74 Å². The highest BCUT2D eigenvalue weighted by atomic mass is 16.6. The summed E-state index contributed by atoms with van der Waals surface area (Å²) in [6.07, 6.45) is 0. The second-order valence-corrected chi connectivity index (χ2v) is 8.86. The van der Waals surface area contributed by atoms with E-state index in [1.165, 1.54) is 4.90 Å². The number of carbonyl (C=O) groups excluding carboxylic acids is 4. The van der Waals surface area contributed by atoms with Gasteiger partial charge in [-0.05, 0) is 44.0 Å². The highest BCUT2D eigenvalue weighted by Crippen LogP contribution is 2.46. The topological polar surface area (TPSA) is 118 Å². The first kappa shape index (κ1) is 29.6. The van der Waals surface area contributed by atoms with Gasteiger partial charge >= 0.3 is 17.9 Å². The molecule has 0 bridgehead atoms. The van der Waals surface area contributed by atoms with Crippen LogP contribution in [0.2, 0.25) is 0 Å². The summed E-state index contributed by atoms with van der Waals surface area (Å²) in [7, 11) is 1.54. The number of likely N-dealkylation sites (tertiary alicyclic amines) is 1. The molecule has 2 atom stereocenters. The molecule has 39 heavy (non-hydrogen) atoms. The first-order valence-electron chi connectivity index (χ1n) is 12.9. The van der Waals surface area contributed by atoms with E-state index < -0.39 is 41.2 Å². The van der Waals surface area contributed by atoms with Crippen LogP contribution >= 0.6 is 0 Å². The number of hydrogen-bond donors (Lipinski definition) is 0. The average Bonchev–Trinajstić information content (AvgIpc) is 2.94. The largest absolute Gasteiger partial charge is 0.497 e. The van der Waals surface area contributed by atoms with E-state index in [1.807, 2.05) is 30.3 Å². The number of ether oxygens (including phenoxy) is 5. The van der Waals surface area contributed by atoms with Crippen molar-refractivity contribution in [2.45, 2.75) is 39.5 Å². The van der Waals surface area contributed by atoms with Crippen molar-refractivity contribution in [3.63, 3.8) is 0 Å². The molecule has 210 valence electrons. The van der Waals surface area contributed by atoms with E-state index in [9.17, 15) is 19.2 Å². The summed E-state index contributed by atoms with van der Waals surface area (Å²) in [4.78, 5) is 54.8. The van der Waals surface area contributed by atoms with Gasteiger partial charge in [0.25, 0.3) is 0 Å². The lowest BCUT2D eigenvalue weighted by molar-refractivity contribution is -0.212. The van der Waals surface area contributed by atoms with Crippen molar-refractivity contribution < 1.29 is 42.9 Å². The number of amides is 1. The zero-order valence-corrected chi connectivity index (χ0v) is 22.7. The summed E-state index contributed by atoms with van der Waals surface area (Å²) in [5.74, 6) is -5.76. The minimum Gasteiger partial charge on any atom is -0.497 e. The van der Waals surface area contributed by atoms with Gasteiger partial charge in [-0.1, -0.05) is 42.5 Å². The minimum atomic E-state index is -1.79. The number of rotatable bonds is 14. The molecule has 2 aromatic rings. The lowest BCUT2D eigenvalue weighted by Gasteiger charge is -2.56. The Bertz CT molecular complexity index is 1120. The third-order valence-corrected chi connectivity index (χ3v) is 6.50. The number of β-lactam (4-membered cyclic amide) rings is 1. The third kappa shape index (κ3) is 6.39. The molecular formula is C29H35NO9. The van der Waals surface area contributed by atoms with E-state index in [-0.39, 0.29) is 39.6 Å². The maximum Gasteiger partial charge on any atom is 0.335 e. The Morgan fingerprint density at radius 2 is 1.44 bits per heavy atom. The summed E-state index contributed by atoms with van der Waals surface area (Å²) >= 11 is 0. The van der Waals surface area contributed by atoms with E-state index in [4.69, 9.17) is 23.7 Å². The fourth-order valence-electron chi connectivity index (χ4n) is 4.67. The SMILES string of the molecule is CCOC(=O)C(C(=O)OCC)[C@@H]1C(=O)N(Cc2ccc(OC)cc2)[C@]1(COCc1ccccc1)C(=O)OCC. The Morgan fingerprint density at radius 1 is 0.846 bits per heavy atom. The van der Waals surface area contributed by atoms with E-state index >= 15 is 0 Å². The van der Waals surface area contributed by atoms with Gasteiger partial charge in [0.05, 0.1) is 46.1 Å². The maximum atomic E-state index is 13.7. The molecule has 0 saturated carbocycles. The zero-order chi connectivity index (χ0) is 28.4. The number of hydrogen-bond acceptors (Lipinski definition) is 9. The van der Waals surface area contributed by atoms with Crippen LogP contribution in [0.15, 0.2) is 54.6 Å². The molecule has 1 aliphatic heterocycles. The van der Waals surface area contributed by atoms with Crippen LogP contribution in [0.4, 0.5) is 0 Å². The Kier molecular flexibility index (Phi) is 10.4. The van der Waals surface area contributed by atoms with Crippen LogP contribution in [0.1, 0.15) is 31.9 Å². The fraction of sp³-hybridized carbons (Fsp3) is 0.448. The molecule has 0 aliphatic carbocycles. The smallest absolute Gasteiger partial charge is 0.335 e. The summed E-state index contributed by atoms with van der Waals surface area (Å²) in [5.41, 5.74) is -0.248. The van der Waals surface area contributed by atoms with Crippen LogP contribution in [0.3, 0.4) is 0 Å². The van der Waals surface area contributed by atoms with Crippen LogP contribution in [-0.2, 0) is 51.3 Å². The van der Waals surface area contributed by atoms with E-state index in [0.717, 1.165) is 5.56 Å². The van der Waals surface area contributed by atoms with Crippen molar-refractivity contribution in [1.82, 2.24) is 4.90 Å². The number of methoxy groups -OCH3 is 1. The summed E-state index contributed by atoms with van der Waals surface area (Å²) < 4.78 is 26.9. The van der Waals surface area contributed by atoms with Gasteiger partial charge in [-0.3, -0.25) is 14.4 Å². The molecule has 0 aromatic heterocycles. The Balaban J connectivity index is 2.06. The second-order valence-electron chi connectivity index (χ2n) is 8.86. The first-order chi connectivity index (χ1) is 18.8. The highest BCUT2D eigenvalue weighted by Gasteiger charge is 2.71. The molecule has 2 aromatic carbocycles. The molecule has 0 N–H and O–H groups in total. The monoisotopic (exact) mass is 541 g/mol. The van der Waals surface area contributed by atoms with Gasteiger partial charge in [0.15, 0.2) is 11.5 Å². The van der Waals surface area contributed by atoms with Crippen LogP contribution in [-0.4, -0.2) is 67.8 Å². The van der Waals surface area contributed by atoms with Gasteiger partial charge in [0.1, 0.15) is 5.75 Å². The molecule has 10 heteroatoms. The molecule has 0 unspecified atom stereocenters. The molecule has 10 nitrogen and oxygen atoms in total. The van der Waals surface area contributed by atoms with Crippen molar-refractivity contribution in [3.8, 4) is 5.75 Å². The third-order valence-electron chi connectivity index (χ3n) is 6.50. The highest BCUT2D eigenvalue weighted by molar-refractivity contribution is 6.08. The summed E-state index contributed by atoms with van der Waals surface area (Å²) in [5, 5.41) is 0. The van der Waals surface area contributed by atoms with Crippen molar-refractivity contribution in [2.24, 2.45) is 11.8 Å². The van der Waals surface area contributed by atoms with Crippen molar-refractivity contribution >= 4 is 23.8 Å². The Labute approximate surface area is 228 Å². The normalized spacial score (nSPS) is 18.3. The van der Waals surface area contributed by atoms with Gasteiger partial charge < -0.3 is 28.6 Å². The number of esters is 3. The van der Waals surface area contributed by atoms with Crippen LogP contribution in [0, 0.1) is 11.8 Å². The molecule has 1 aliphatic rings. The van der Waals surface area contributed by atoms with E-state index in [2.05, 4.69) is 0 Å². The van der Waals surface area contributed by atoms with Gasteiger partial charge in [0, 0.05) is 6.54 Å². The molecule has 0 spiro atoms. The zero-order valence-electron chi connectivity index (χ0n) is 22.7. The van der Waals surface area contributed by atoms with E-state index in [1.54, 1.807) is 52.1 Å². The van der Waals surface area contributed by atoms with Crippen molar-refractivity contribution in [2.75, 3.05) is 33.5 Å². The fourth-order valence-corrected chi connectivity index (χ4v) is 4.67. The van der Waals surface area contributed by atoms with Gasteiger partial charge in [-0.25, -0.2) is 4.79 Å². The standard InChI is InChI=1S/C29H35NO9/c1-5-37-26(32)23(27(33)38-6-2)24-25(31)30(17-20-13-15-22(35-4)16-14-20)29(24,28(34)39-7-3)19-36-18-21-11-9-8-10-12-21/h8-16,23-24H,5-7,17-19H2,1-4H3/t24-,29+/m1/s1. The predicted molar refractivity (Wildman–Crippen MR) is 139 cm³/mol. The lowest BCUT2D eigenvalue weighted by atomic mass is 9.66. The lowest BCUT2D eigenvalue weighted by Crippen LogP contribution is -2.79. The van der Waals surface area contributed by atoms with Crippen molar-refractivity contribution in [1.29, 1.82) is 0 Å². The molecule has 3 rings (SSSR count). The minimum absolute atomic E-state index is 0.00517. The predicted octanol–water partition coefficient (Wildman–Crippen LogP) is 2.91. The molecule has 0 radical (unpaired) electrons. The van der Waals surface area contributed by atoms with Gasteiger partial charge in [0.2, 0.25) is 5.91 Å². The van der Waals surface area contributed by atoms with Gasteiger partial charge in [-0.15, -0.1) is 0 Å². The number of benzene rings is 2. The maximum absolute atomic E-state index is 13.7. The number of nitrogens with zero attached hydrogens (tertiary/aromatic N) is 1. The molecule has 1 fully saturated rings. The van der Waals surface area contributed by atoms with Gasteiger partial charge in [-0.2, -0.15) is 0 Å². The molecule has 1 saturated heterocycles. The van der Waals surface area contributed by atoms with Crippen LogP contribution in [0.5, 0.6) is 5.75 Å². The quantitative estimate of drug-likeness (QED) is 0.154. The Hall–Kier alpha value is -3.92. The second kappa shape index (κ2) is 13.7. The average molecular weight is 542 g/mol. The molecule has 1 heterocycles.